The van der Waals surface area contributed by atoms with Gasteiger partial charge in [-0.05, 0) is 103 Å². The highest BCUT2D eigenvalue weighted by molar-refractivity contribution is 7.20. The van der Waals surface area contributed by atoms with Crippen molar-refractivity contribution in [1.82, 2.24) is 4.57 Å². The molecule has 0 fully saturated rings. The highest BCUT2D eigenvalue weighted by Crippen LogP contribution is 2.37. The Kier molecular flexibility index (Phi) is 9.73. The van der Waals surface area contributed by atoms with Crippen LogP contribution in [0, 0.1) is 0 Å². The maximum Gasteiger partial charge on any atom is 0.179 e. The first-order valence-electron chi connectivity index (χ1n) is 20.9. The molecule has 8 aromatic carbocycles. The second-order valence-electron chi connectivity index (χ2n) is 17.9. The molecule has 290 valence electrons. The smallest absolute Gasteiger partial charge is 0.179 e. The van der Waals surface area contributed by atoms with E-state index in [2.05, 4.69) is 257 Å². The Bertz CT molecular complexity index is 2750. The van der Waals surface area contributed by atoms with Gasteiger partial charge in [-0.15, -0.1) is 0 Å². The van der Waals surface area contributed by atoms with Gasteiger partial charge in [-0.2, -0.15) is 0 Å². The van der Waals surface area contributed by atoms with E-state index in [9.17, 15) is 0 Å². The summed E-state index contributed by atoms with van der Waals surface area (Å²) in [7, 11) is -2.88. The fraction of sp³-hybridized carbons (Fsp3) is 0.143. The van der Waals surface area contributed by atoms with Crippen LogP contribution in [0.4, 0.5) is 17.1 Å². The van der Waals surface area contributed by atoms with Gasteiger partial charge in [0.2, 0.25) is 0 Å². The Morgan fingerprint density at radius 1 is 0.356 bits per heavy atom. The van der Waals surface area contributed by atoms with Gasteiger partial charge in [0.15, 0.2) is 8.07 Å². The molecule has 0 N–H and O–H groups in total. The summed E-state index contributed by atoms with van der Waals surface area (Å²) in [6.07, 6.45) is 0. The van der Waals surface area contributed by atoms with E-state index in [1.54, 1.807) is 0 Å². The molecule has 0 saturated carbocycles. The van der Waals surface area contributed by atoms with E-state index in [-0.39, 0.29) is 10.8 Å². The lowest BCUT2D eigenvalue weighted by molar-refractivity contribution is 0.590. The minimum absolute atomic E-state index is 0.0711. The van der Waals surface area contributed by atoms with Crippen LogP contribution in [0.25, 0.3) is 27.5 Å². The van der Waals surface area contributed by atoms with Crippen LogP contribution in [0.5, 0.6) is 0 Å². The van der Waals surface area contributed by atoms with Gasteiger partial charge in [0.1, 0.15) is 0 Å². The highest BCUT2D eigenvalue weighted by atomic mass is 28.3. The first kappa shape index (κ1) is 38.1. The standard InChI is InChI=1S/C56H52N2Si/c1-55(2,3)41-26-30-44(31-27-41)57(45-32-28-42(29-33-45)56(4,5)6)46-34-36-49(37-35-46)59(47-20-12-8-13-21-47,48-22-14-9-15-23-48)50-38-39-54-52(40-50)51-24-16-17-25-53(51)58(54)43-18-10-7-11-19-43/h7-40H,1-6H3. The summed E-state index contributed by atoms with van der Waals surface area (Å²) in [5.74, 6) is 0. The highest BCUT2D eigenvalue weighted by Gasteiger charge is 2.42. The van der Waals surface area contributed by atoms with Crippen LogP contribution in [-0.4, -0.2) is 12.6 Å². The summed E-state index contributed by atoms with van der Waals surface area (Å²) < 4.78 is 2.41. The number of hydrogen-bond donors (Lipinski definition) is 0. The molecule has 0 unspecified atom stereocenters. The van der Waals surface area contributed by atoms with Gasteiger partial charge in [0.05, 0.1) is 11.0 Å². The first-order valence-corrected chi connectivity index (χ1v) is 22.9. The second-order valence-corrected chi connectivity index (χ2v) is 21.7. The molecule has 9 rings (SSSR count). The van der Waals surface area contributed by atoms with Crippen molar-refractivity contribution in [3.05, 3.63) is 217 Å². The molecule has 3 heteroatoms. The van der Waals surface area contributed by atoms with E-state index >= 15 is 0 Å². The Morgan fingerprint density at radius 2 is 0.746 bits per heavy atom. The van der Waals surface area contributed by atoms with E-state index in [0.717, 1.165) is 17.1 Å². The zero-order chi connectivity index (χ0) is 40.8. The maximum atomic E-state index is 2.51. The van der Waals surface area contributed by atoms with E-state index in [1.165, 1.54) is 59.4 Å². The molecule has 2 nitrogen and oxygen atoms in total. The minimum atomic E-state index is -2.88. The molecule has 0 aliphatic carbocycles. The zero-order valence-electron chi connectivity index (χ0n) is 35.0. The third-order valence-electron chi connectivity index (χ3n) is 12.1. The number of hydrogen-bond acceptors (Lipinski definition) is 1. The average molecular weight is 781 g/mol. The number of benzene rings is 8. The summed E-state index contributed by atoms with van der Waals surface area (Å²) in [6, 6.07) is 77.2. The molecule has 0 radical (unpaired) electrons. The Labute approximate surface area is 351 Å². The van der Waals surface area contributed by atoms with Crippen molar-refractivity contribution in [2.24, 2.45) is 0 Å². The molecule has 0 amide bonds. The van der Waals surface area contributed by atoms with E-state index in [0.29, 0.717) is 0 Å². The molecule has 1 aromatic heterocycles. The van der Waals surface area contributed by atoms with Crippen LogP contribution in [0.15, 0.2) is 206 Å². The number of aromatic nitrogens is 1. The first-order chi connectivity index (χ1) is 28.5. The van der Waals surface area contributed by atoms with Gasteiger partial charge >= 0.3 is 0 Å². The molecule has 0 aliphatic rings. The van der Waals surface area contributed by atoms with E-state index in [1.807, 2.05) is 0 Å². The van der Waals surface area contributed by atoms with Crippen molar-refractivity contribution >= 4 is 67.7 Å². The fourth-order valence-electron chi connectivity index (χ4n) is 8.97. The van der Waals surface area contributed by atoms with Crippen molar-refractivity contribution in [3.63, 3.8) is 0 Å². The van der Waals surface area contributed by atoms with Crippen LogP contribution in [0.2, 0.25) is 0 Å². The molecular weight excluding hydrogens is 729 g/mol. The van der Waals surface area contributed by atoms with Gasteiger partial charge in [-0.1, -0.05) is 187 Å². The maximum absolute atomic E-state index is 2.88. The number of anilines is 3. The predicted octanol–water partition coefficient (Wildman–Crippen LogP) is 12.2. The average Bonchev–Trinajstić information content (AvgIpc) is 3.59. The molecule has 0 spiro atoms. The lowest BCUT2D eigenvalue weighted by Gasteiger charge is -2.35. The molecule has 0 aliphatic heterocycles. The number of rotatable bonds is 8. The summed E-state index contributed by atoms with van der Waals surface area (Å²) in [4.78, 5) is 2.40. The molecule has 0 saturated heterocycles. The molecule has 9 aromatic rings. The van der Waals surface area contributed by atoms with Crippen molar-refractivity contribution in [1.29, 1.82) is 0 Å². The minimum Gasteiger partial charge on any atom is -0.311 e. The van der Waals surface area contributed by atoms with Crippen molar-refractivity contribution in [2.75, 3.05) is 4.90 Å². The number of fused-ring (bicyclic) bond motifs is 3. The van der Waals surface area contributed by atoms with Crippen molar-refractivity contribution in [2.45, 2.75) is 52.4 Å². The predicted molar refractivity (Wildman–Crippen MR) is 256 cm³/mol. The van der Waals surface area contributed by atoms with Crippen LogP contribution in [0.3, 0.4) is 0 Å². The third-order valence-corrected chi connectivity index (χ3v) is 16.9. The molecular formula is C56H52N2Si. The van der Waals surface area contributed by atoms with Crippen LogP contribution >= 0.6 is 0 Å². The topological polar surface area (TPSA) is 8.17 Å². The van der Waals surface area contributed by atoms with Crippen LogP contribution in [-0.2, 0) is 10.8 Å². The summed E-state index contributed by atoms with van der Waals surface area (Å²) >= 11 is 0. The van der Waals surface area contributed by atoms with Gasteiger partial charge < -0.3 is 9.47 Å². The zero-order valence-corrected chi connectivity index (χ0v) is 36.0. The Morgan fingerprint density at radius 3 is 1.24 bits per heavy atom. The largest absolute Gasteiger partial charge is 0.311 e. The van der Waals surface area contributed by atoms with Gasteiger partial charge in [-0.25, -0.2) is 0 Å². The second kappa shape index (κ2) is 15.1. The Balaban J connectivity index is 1.26. The van der Waals surface area contributed by atoms with Crippen LogP contribution < -0.4 is 25.6 Å². The van der Waals surface area contributed by atoms with E-state index < -0.39 is 8.07 Å². The van der Waals surface area contributed by atoms with Gasteiger partial charge in [0, 0.05) is 33.5 Å². The lowest BCUT2D eigenvalue weighted by atomic mass is 9.86. The summed E-state index contributed by atoms with van der Waals surface area (Å²) in [5, 5.41) is 7.95. The molecule has 0 atom stereocenters. The summed E-state index contributed by atoms with van der Waals surface area (Å²) in [5.41, 5.74) is 9.81. The quantitative estimate of drug-likeness (QED) is 0.110. The van der Waals surface area contributed by atoms with Crippen LogP contribution in [0.1, 0.15) is 52.7 Å². The SMILES string of the molecule is CC(C)(C)c1ccc(N(c2ccc(C(C)(C)C)cc2)c2ccc([Si](c3ccccc3)(c3ccccc3)c3ccc4c(c3)c3ccccc3n4-c3ccccc3)cc2)cc1. The normalized spacial score (nSPS) is 12.2. The van der Waals surface area contributed by atoms with Gasteiger partial charge in [0.25, 0.3) is 0 Å². The number of nitrogens with zero attached hydrogens (tertiary/aromatic N) is 2. The molecule has 1 heterocycles. The van der Waals surface area contributed by atoms with Crippen molar-refractivity contribution < 1.29 is 0 Å². The monoisotopic (exact) mass is 780 g/mol. The Hall–Kier alpha value is -6.42. The lowest BCUT2D eigenvalue weighted by Crippen LogP contribution is -2.74. The molecule has 0 bridgehead atoms. The van der Waals surface area contributed by atoms with Gasteiger partial charge in [-0.3, -0.25) is 0 Å². The molecule has 59 heavy (non-hydrogen) atoms. The third kappa shape index (κ3) is 6.90. The summed E-state index contributed by atoms with van der Waals surface area (Å²) in [6.45, 7) is 13.7. The number of para-hydroxylation sites is 2. The van der Waals surface area contributed by atoms with Crippen molar-refractivity contribution in [3.8, 4) is 5.69 Å². The fourth-order valence-corrected chi connectivity index (χ4v) is 13.7. The van der Waals surface area contributed by atoms with E-state index in [4.69, 9.17) is 0 Å².